The van der Waals surface area contributed by atoms with E-state index in [4.69, 9.17) is 14.5 Å². The number of H-pyrrole nitrogens is 1. The molecule has 7 heteroatoms. The van der Waals surface area contributed by atoms with Gasteiger partial charge in [-0.25, -0.2) is 4.98 Å². The van der Waals surface area contributed by atoms with Crippen molar-refractivity contribution in [2.24, 2.45) is 0 Å². The van der Waals surface area contributed by atoms with Gasteiger partial charge in [0.25, 0.3) is 5.56 Å². The van der Waals surface area contributed by atoms with Crippen LogP contribution >= 0.6 is 11.8 Å². The molecule has 1 N–H and O–H groups in total. The van der Waals surface area contributed by atoms with Crippen LogP contribution in [-0.4, -0.2) is 54.5 Å². The Balaban J connectivity index is 1.74. The van der Waals surface area contributed by atoms with Crippen LogP contribution in [0.5, 0.6) is 11.5 Å². The van der Waals surface area contributed by atoms with E-state index in [2.05, 4.69) is 9.88 Å². The van der Waals surface area contributed by atoms with Crippen molar-refractivity contribution < 1.29 is 9.47 Å². The van der Waals surface area contributed by atoms with Gasteiger partial charge in [0, 0.05) is 24.3 Å². The summed E-state index contributed by atoms with van der Waals surface area (Å²) in [5.74, 6) is 2.31. The zero-order chi connectivity index (χ0) is 20.6. The number of hydrogen-bond donors (Lipinski definition) is 1. The largest absolute Gasteiger partial charge is 0.493 e. The second-order valence-electron chi connectivity index (χ2n) is 7.27. The Morgan fingerprint density at radius 2 is 1.90 bits per heavy atom. The minimum atomic E-state index is -0.0292. The maximum absolute atomic E-state index is 12.6. The number of aromatic amines is 1. The molecule has 0 aliphatic carbocycles. The second-order valence-corrected chi connectivity index (χ2v) is 8.35. The van der Waals surface area contributed by atoms with Crippen molar-refractivity contribution in [2.45, 2.75) is 44.2 Å². The van der Waals surface area contributed by atoms with Crippen LogP contribution in [0.4, 0.5) is 0 Å². The molecule has 2 heterocycles. The molecule has 1 fully saturated rings. The lowest BCUT2D eigenvalue weighted by atomic mass is 10.0. The quantitative estimate of drug-likeness (QED) is 0.497. The number of ether oxygens (including phenoxy) is 2. The van der Waals surface area contributed by atoms with Crippen LogP contribution in [0.25, 0.3) is 0 Å². The summed E-state index contributed by atoms with van der Waals surface area (Å²) in [6.45, 7) is 5.40. The summed E-state index contributed by atoms with van der Waals surface area (Å²) in [4.78, 5) is 22.9. The smallest absolute Gasteiger partial charge is 0.254 e. The van der Waals surface area contributed by atoms with Crippen LogP contribution in [-0.2, 0) is 12.8 Å². The molecule has 1 aliphatic heterocycles. The summed E-state index contributed by atoms with van der Waals surface area (Å²) in [6, 6.07) is 5.83. The minimum absolute atomic E-state index is 0.0292. The number of hydrogen-bond acceptors (Lipinski definition) is 6. The predicted molar refractivity (Wildman–Crippen MR) is 118 cm³/mol. The fraction of sp³-hybridized carbons (Fsp3) is 0.545. The van der Waals surface area contributed by atoms with Gasteiger partial charge >= 0.3 is 0 Å². The summed E-state index contributed by atoms with van der Waals surface area (Å²) in [6.07, 6.45) is 5.17. The molecular formula is C22H31N3O3S. The van der Waals surface area contributed by atoms with Gasteiger partial charge in [-0.15, -0.1) is 0 Å². The molecule has 1 aromatic carbocycles. The van der Waals surface area contributed by atoms with Crippen molar-refractivity contribution in [3.05, 3.63) is 45.4 Å². The SMILES string of the molecule is CCc1c(Cc2ccc(OC)c(OC)c2)nc(SCCN2CCCCC2)[nH]c1=O. The van der Waals surface area contributed by atoms with Gasteiger partial charge in [0.15, 0.2) is 16.7 Å². The van der Waals surface area contributed by atoms with E-state index in [0.29, 0.717) is 29.5 Å². The maximum Gasteiger partial charge on any atom is 0.254 e. The average Bonchev–Trinajstić information content (AvgIpc) is 2.74. The van der Waals surface area contributed by atoms with Crippen LogP contribution in [0.3, 0.4) is 0 Å². The van der Waals surface area contributed by atoms with E-state index >= 15 is 0 Å². The fourth-order valence-electron chi connectivity index (χ4n) is 3.74. The van der Waals surface area contributed by atoms with Crippen LogP contribution in [0.1, 0.15) is 43.0 Å². The Bertz CT molecular complexity index is 863. The molecule has 6 nitrogen and oxygen atoms in total. The Morgan fingerprint density at radius 1 is 1.14 bits per heavy atom. The monoisotopic (exact) mass is 417 g/mol. The molecule has 158 valence electrons. The highest BCUT2D eigenvalue weighted by atomic mass is 32.2. The third-order valence-corrected chi connectivity index (χ3v) is 6.20. The summed E-state index contributed by atoms with van der Waals surface area (Å²) >= 11 is 1.63. The molecule has 29 heavy (non-hydrogen) atoms. The number of nitrogens with zero attached hydrogens (tertiary/aromatic N) is 2. The normalized spacial score (nSPS) is 14.7. The van der Waals surface area contributed by atoms with Crippen molar-refractivity contribution in [3.8, 4) is 11.5 Å². The lowest BCUT2D eigenvalue weighted by Gasteiger charge is -2.25. The van der Waals surface area contributed by atoms with Crippen molar-refractivity contribution in [2.75, 3.05) is 39.6 Å². The van der Waals surface area contributed by atoms with Gasteiger partial charge in [-0.3, -0.25) is 4.79 Å². The molecule has 3 rings (SSSR count). The molecule has 1 aromatic heterocycles. The molecule has 1 aliphatic rings. The van der Waals surface area contributed by atoms with E-state index in [-0.39, 0.29) is 5.56 Å². The number of benzene rings is 1. The number of methoxy groups -OCH3 is 2. The summed E-state index contributed by atoms with van der Waals surface area (Å²) < 4.78 is 10.7. The Labute approximate surface area is 177 Å². The number of likely N-dealkylation sites (tertiary alicyclic amines) is 1. The first-order chi connectivity index (χ1) is 14.1. The van der Waals surface area contributed by atoms with Crippen molar-refractivity contribution in [1.29, 1.82) is 0 Å². The molecule has 0 saturated carbocycles. The third kappa shape index (κ3) is 5.76. The Hall–Kier alpha value is -1.99. The van der Waals surface area contributed by atoms with Crippen molar-refractivity contribution in [1.82, 2.24) is 14.9 Å². The first-order valence-electron chi connectivity index (χ1n) is 10.3. The predicted octanol–water partition coefficient (Wildman–Crippen LogP) is 3.52. The fourth-order valence-corrected chi connectivity index (χ4v) is 4.62. The van der Waals surface area contributed by atoms with Gasteiger partial charge < -0.3 is 19.4 Å². The molecule has 0 atom stereocenters. The number of rotatable bonds is 9. The van der Waals surface area contributed by atoms with Gasteiger partial charge in [0.1, 0.15) is 0 Å². The highest BCUT2D eigenvalue weighted by Gasteiger charge is 2.14. The van der Waals surface area contributed by atoms with E-state index in [1.54, 1.807) is 26.0 Å². The Kier molecular flexibility index (Phi) is 8.00. The number of nitrogens with one attached hydrogen (secondary N) is 1. The zero-order valence-corrected chi connectivity index (χ0v) is 18.4. The van der Waals surface area contributed by atoms with E-state index in [0.717, 1.165) is 29.1 Å². The molecule has 0 spiro atoms. The van der Waals surface area contributed by atoms with Gasteiger partial charge in [0.2, 0.25) is 0 Å². The molecule has 0 unspecified atom stereocenters. The van der Waals surface area contributed by atoms with Gasteiger partial charge in [0.05, 0.1) is 19.9 Å². The Morgan fingerprint density at radius 3 is 2.59 bits per heavy atom. The van der Waals surface area contributed by atoms with E-state index in [1.165, 1.54) is 32.4 Å². The van der Waals surface area contributed by atoms with Crippen LogP contribution < -0.4 is 15.0 Å². The molecule has 2 aromatic rings. The molecule has 0 amide bonds. The van der Waals surface area contributed by atoms with Crippen LogP contribution in [0, 0.1) is 0 Å². The maximum atomic E-state index is 12.6. The number of thioether (sulfide) groups is 1. The second kappa shape index (κ2) is 10.7. The molecule has 0 bridgehead atoms. The summed E-state index contributed by atoms with van der Waals surface area (Å²) in [5.41, 5.74) is 2.60. The van der Waals surface area contributed by atoms with Gasteiger partial charge in [-0.05, 0) is 50.0 Å². The minimum Gasteiger partial charge on any atom is -0.493 e. The van der Waals surface area contributed by atoms with Crippen LogP contribution in [0.2, 0.25) is 0 Å². The number of piperidine rings is 1. The number of aromatic nitrogens is 2. The van der Waals surface area contributed by atoms with E-state index in [9.17, 15) is 4.79 Å². The summed E-state index contributed by atoms with van der Waals surface area (Å²) in [5, 5.41) is 0.708. The van der Waals surface area contributed by atoms with E-state index < -0.39 is 0 Å². The average molecular weight is 418 g/mol. The topological polar surface area (TPSA) is 67.5 Å². The molecule has 0 radical (unpaired) electrons. The van der Waals surface area contributed by atoms with Crippen LogP contribution in [0.15, 0.2) is 28.2 Å². The third-order valence-electron chi connectivity index (χ3n) is 5.35. The van der Waals surface area contributed by atoms with Crippen molar-refractivity contribution >= 4 is 11.8 Å². The van der Waals surface area contributed by atoms with Gasteiger partial charge in [-0.2, -0.15) is 0 Å². The molecule has 1 saturated heterocycles. The zero-order valence-electron chi connectivity index (χ0n) is 17.6. The van der Waals surface area contributed by atoms with Gasteiger partial charge in [-0.1, -0.05) is 31.2 Å². The van der Waals surface area contributed by atoms with Crippen molar-refractivity contribution in [3.63, 3.8) is 0 Å². The lowest BCUT2D eigenvalue weighted by molar-refractivity contribution is 0.242. The first kappa shape index (κ1) is 21.7. The standard InChI is InChI=1S/C22H31N3O3S/c1-4-17-18(14-16-8-9-19(27-2)20(15-16)28-3)23-22(24-21(17)26)29-13-12-25-10-6-5-7-11-25/h8-9,15H,4-7,10-14H2,1-3H3,(H,23,24,26). The highest BCUT2D eigenvalue weighted by Crippen LogP contribution is 2.28. The van der Waals surface area contributed by atoms with E-state index in [1.807, 2.05) is 25.1 Å². The highest BCUT2D eigenvalue weighted by molar-refractivity contribution is 7.99. The first-order valence-corrected chi connectivity index (χ1v) is 11.3. The summed E-state index contributed by atoms with van der Waals surface area (Å²) in [7, 11) is 3.25. The lowest BCUT2D eigenvalue weighted by Crippen LogP contribution is -2.31. The molecular weight excluding hydrogens is 386 g/mol.